The van der Waals surface area contributed by atoms with Gasteiger partial charge in [0.05, 0.1) is 0 Å². The third kappa shape index (κ3) is 2.85. The first-order chi connectivity index (χ1) is 6.65. The highest BCUT2D eigenvalue weighted by atomic mass is 32.2. The lowest BCUT2D eigenvalue weighted by Crippen LogP contribution is -2.28. The second kappa shape index (κ2) is 5.16. The van der Waals surface area contributed by atoms with Gasteiger partial charge in [0.2, 0.25) is 10.1 Å². The van der Waals surface area contributed by atoms with Gasteiger partial charge in [-0.25, -0.2) is 0 Å². The van der Waals surface area contributed by atoms with E-state index < -0.39 is 0 Å². The molecule has 0 saturated heterocycles. The van der Waals surface area contributed by atoms with E-state index in [2.05, 4.69) is 10.2 Å². The van der Waals surface area contributed by atoms with Crippen molar-refractivity contribution in [2.75, 3.05) is 31.3 Å². The first-order valence-electron chi connectivity index (χ1n) is 3.98. The molecule has 7 heteroatoms. The van der Waals surface area contributed by atoms with E-state index in [9.17, 15) is 4.79 Å². The van der Waals surface area contributed by atoms with Crippen molar-refractivity contribution in [2.24, 2.45) is 0 Å². The van der Waals surface area contributed by atoms with Crippen LogP contribution in [0.15, 0.2) is 0 Å². The molecule has 0 aromatic carbocycles. The number of carbonyl (C=O) groups is 1. The summed E-state index contributed by atoms with van der Waals surface area (Å²) >= 11 is 2.81. The van der Waals surface area contributed by atoms with Crippen LogP contribution in [0.4, 0.5) is 5.13 Å². The molecule has 1 aromatic rings. The molecular weight excluding hydrogens is 220 g/mol. The van der Waals surface area contributed by atoms with Gasteiger partial charge in [-0.3, -0.25) is 4.79 Å². The molecule has 1 rings (SSSR count). The van der Waals surface area contributed by atoms with E-state index in [0.29, 0.717) is 16.7 Å². The Hall–Kier alpha value is -0.820. The number of nitrogens with zero attached hydrogens (tertiary/aromatic N) is 3. The minimum atomic E-state index is -0.117. The first kappa shape index (κ1) is 11.3. The van der Waals surface area contributed by atoms with Crippen molar-refractivity contribution >= 4 is 34.1 Å². The maximum absolute atomic E-state index is 11.6. The molecule has 0 spiro atoms. The molecule has 1 aromatic heterocycles. The van der Waals surface area contributed by atoms with Crippen molar-refractivity contribution in [1.29, 1.82) is 0 Å². The molecule has 0 aliphatic carbocycles. The highest BCUT2D eigenvalue weighted by Gasteiger charge is 2.15. The molecule has 2 N–H and O–H groups in total. The van der Waals surface area contributed by atoms with Gasteiger partial charge in [-0.05, 0) is 6.26 Å². The molecule has 0 aliphatic heterocycles. The van der Waals surface area contributed by atoms with Gasteiger partial charge < -0.3 is 10.6 Å². The number of nitrogens with two attached hydrogens (primary N) is 1. The van der Waals surface area contributed by atoms with E-state index in [1.54, 1.807) is 23.7 Å². The molecular formula is C7H12N4OS2. The largest absolute Gasteiger partial charge is 0.374 e. The van der Waals surface area contributed by atoms with Gasteiger partial charge in [0.25, 0.3) is 5.91 Å². The highest BCUT2D eigenvalue weighted by molar-refractivity contribution is 7.98. The van der Waals surface area contributed by atoms with E-state index in [1.165, 1.54) is 0 Å². The van der Waals surface area contributed by atoms with Gasteiger partial charge in [-0.2, -0.15) is 11.8 Å². The Kier molecular flexibility index (Phi) is 4.15. The Bertz CT molecular complexity index is 314. The predicted molar refractivity (Wildman–Crippen MR) is 59.7 cm³/mol. The van der Waals surface area contributed by atoms with E-state index in [1.807, 2.05) is 6.26 Å². The number of aromatic nitrogens is 2. The standard InChI is InChI=1S/C7H12N4OS2/c1-11(3-4-13-2)6(12)5-9-10-7(8)14-5/h3-4H2,1-2H3,(H2,8,10). The molecule has 14 heavy (non-hydrogen) atoms. The van der Waals surface area contributed by atoms with Crippen molar-refractivity contribution in [1.82, 2.24) is 15.1 Å². The van der Waals surface area contributed by atoms with Crippen molar-refractivity contribution < 1.29 is 4.79 Å². The maximum atomic E-state index is 11.6. The zero-order valence-corrected chi connectivity index (χ0v) is 9.69. The van der Waals surface area contributed by atoms with Crippen LogP contribution in [0.5, 0.6) is 0 Å². The molecule has 0 saturated carbocycles. The smallest absolute Gasteiger partial charge is 0.284 e. The first-order valence-corrected chi connectivity index (χ1v) is 6.19. The van der Waals surface area contributed by atoms with Gasteiger partial charge >= 0.3 is 0 Å². The van der Waals surface area contributed by atoms with Crippen LogP contribution in [0, 0.1) is 0 Å². The number of nitrogen functional groups attached to an aromatic ring is 1. The average molecular weight is 232 g/mol. The minimum absolute atomic E-state index is 0.117. The van der Waals surface area contributed by atoms with Crippen LogP contribution in [-0.4, -0.2) is 46.6 Å². The van der Waals surface area contributed by atoms with E-state index in [0.717, 1.165) is 17.1 Å². The Morgan fingerprint density at radius 2 is 2.36 bits per heavy atom. The van der Waals surface area contributed by atoms with Crippen molar-refractivity contribution in [3.63, 3.8) is 0 Å². The maximum Gasteiger partial charge on any atom is 0.284 e. The molecule has 0 atom stereocenters. The lowest BCUT2D eigenvalue weighted by molar-refractivity contribution is 0.0802. The highest BCUT2D eigenvalue weighted by Crippen LogP contribution is 2.12. The number of thioether (sulfide) groups is 1. The summed E-state index contributed by atoms with van der Waals surface area (Å²) in [5.41, 5.74) is 5.39. The monoisotopic (exact) mass is 232 g/mol. The third-order valence-corrected chi connectivity index (χ3v) is 2.93. The molecule has 78 valence electrons. The van der Waals surface area contributed by atoms with Crippen LogP contribution in [-0.2, 0) is 0 Å². The van der Waals surface area contributed by atoms with Crippen molar-refractivity contribution in [3.8, 4) is 0 Å². The predicted octanol–water partition coefficient (Wildman–Crippen LogP) is 0.555. The summed E-state index contributed by atoms with van der Waals surface area (Å²) in [5, 5.41) is 7.96. The SMILES string of the molecule is CSCCN(C)C(=O)c1nnc(N)s1. The lowest BCUT2D eigenvalue weighted by atomic mass is 10.5. The quantitative estimate of drug-likeness (QED) is 0.821. The van der Waals surface area contributed by atoms with Gasteiger partial charge in [-0.15, -0.1) is 10.2 Å². The fourth-order valence-corrected chi connectivity index (χ4v) is 1.88. The van der Waals surface area contributed by atoms with Crippen LogP contribution in [0.1, 0.15) is 9.80 Å². The van der Waals surface area contributed by atoms with E-state index in [4.69, 9.17) is 5.73 Å². The zero-order chi connectivity index (χ0) is 10.6. The topological polar surface area (TPSA) is 72.1 Å². The summed E-state index contributed by atoms with van der Waals surface area (Å²) in [6, 6.07) is 0. The minimum Gasteiger partial charge on any atom is -0.374 e. The normalized spacial score (nSPS) is 10.1. The molecule has 1 amide bonds. The summed E-state index contributed by atoms with van der Waals surface area (Å²) in [5.74, 6) is 0.796. The van der Waals surface area contributed by atoms with Gasteiger partial charge in [0.1, 0.15) is 0 Å². The molecule has 0 bridgehead atoms. The molecule has 0 unspecified atom stereocenters. The second-order valence-corrected chi connectivity index (χ2v) is 4.66. The number of carbonyl (C=O) groups excluding carboxylic acids is 1. The van der Waals surface area contributed by atoms with Crippen molar-refractivity contribution in [2.45, 2.75) is 0 Å². The fourth-order valence-electron chi connectivity index (χ4n) is 0.814. The Labute approximate surface area is 90.7 Å². The number of hydrogen-bond donors (Lipinski definition) is 1. The summed E-state index contributed by atoms with van der Waals surface area (Å²) in [6.45, 7) is 0.708. The summed E-state index contributed by atoms with van der Waals surface area (Å²) in [7, 11) is 1.75. The van der Waals surface area contributed by atoms with E-state index in [-0.39, 0.29) is 5.91 Å². The van der Waals surface area contributed by atoms with Crippen LogP contribution in [0.25, 0.3) is 0 Å². The average Bonchev–Trinajstić information content (AvgIpc) is 2.60. The Morgan fingerprint density at radius 1 is 1.64 bits per heavy atom. The van der Waals surface area contributed by atoms with Crippen LogP contribution >= 0.6 is 23.1 Å². The molecule has 5 nitrogen and oxygen atoms in total. The fraction of sp³-hybridized carbons (Fsp3) is 0.571. The number of anilines is 1. The van der Waals surface area contributed by atoms with Gasteiger partial charge in [-0.1, -0.05) is 11.3 Å². The molecule has 0 fully saturated rings. The number of amides is 1. The Balaban J connectivity index is 2.56. The molecule has 0 aliphatic rings. The summed E-state index contributed by atoms with van der Waals surface area (Å²) in [4.78, 5) is 13.3. The van der Waals surface area contributed by atoms with E-state index >= 15 is 0 Å². The molecule has 1 heterocycles. The summed E-state index contributed by atoms with van der Waals surface area (Å²) in [6.07, 6.45) is 2.00. The van der Waals surface area contributed by atoms with Crippen LogP contribution in [0.2, 0.25) is 0 Å². The Morgan fingerprint density at radius 3 is 2.86 bits per heavy atom. The van der Waals surface area contributed by atoms with Crippen LogP contribution < -0.4 is 5.73 Å². The van der Waals surface area contributed by atoms with Crippen molar-refractivity contribution in [3.05, 3.63) is 5.01 Å². The zero-order valence-electron chi connectivity index (χ0n) is 8.06. The van der Waals surface area contributed by atoms with Crippen LogP contribution in [0.3, 0.4) is 0 Å². The number of hydrogen-bond acceptors (Lipinski definition) is 6. The van der Waals surface area contributed by atoms with Gasteiger partial charge in [0.15, 0.2) is 0 Å². The molecule has 0 radical (unpaired) electrons. The third-order valence-electron chi connectivity index (χ3n) is 1.60. The second-order valence-electron chi connectivity index (χ2n) is 2.66. The van der Waals surface area contributed by atoms with Gasteiger partial charge in [0, 0.05) is 19.3 Å². The number of rotatable bonds is 4. The lowest BCUT2D eigenvalue weighted by Gasteiger charge is -2.13. The summed E-state index contributed by atoms with van der Waals surface area (Å²) < 4.78 is 0.